The Morgan fingerprint density at radius 2 is 1.83 bits per heavy atom. The number of amides is 2. The summed E-state index contributed by atoms with van der Waals surface area (Å²) < 4.78 is 0. The van der Waals surface area contributed by atoms with Crippen LogP contribution in [0, 0.1) is 5.92 Å². The molecule has 0 fully saturated rings. The van der Waals surface area contributed by atoms with E-state index in [0.29, 0.717) is 0 Å². The number of rotatable bonds is 8. The zero-order valence-electron chi connectivity index (χ0n) is 13.9. The number of carbonyl (C=O) groups excluding carboxylic acids is 2. The molecule has 0 bridgehead atoms. The highest BCUT2D eigenvalue weighted by Gasteiger charge is 2.38. The van der Waals surface area contributed by atoms with Crippen LogP contribution in [0.1, 0.15) is 25.8 Å². The van der Waals surface area contributed by atoms with E-state index in [4.69, 9.17) is 0 Å². The van der Waals surface area contributed by atoms with Gasteiger partial charge in [-0.3, -0.25) is 9.59 Å². The first kappa shape index (κ1) is 19.1. The standard InChI is InChI=1S/C17H26N2O4/c1-12(2)14(15(21)18-3)19-16(22)17(23,9-10-20)11-13-7-5-4-6-8-13/h4-8,12,14,20,23H,9-11H2,1-3H3,(H,18,21)(H,19,22)/t14-,17?/m0/s1. The Balaban J connectivity index is 2.94. The van der Waals surface area contributed by atoms with Gasteiger partial charge in [-0.2, -0.15) is 0 Å². The molecule has 2 atom stereocenters. The lowest BCUT2D eigenvalue weighted by Crippen LogP contribution is -2.57. The third-order valence-corrected chi connectivity index (χ3v) is 3.77. The fraction of sp³-hybridized carbons (Fsp3) is 0.529. The Kier molecular flexibility index (Phi) is 7.19. The summed E-state index contributed by atoms with van der Waals surface area (Å²) in [7, 11) is 1.49. The molecule has 0 aliphatic rings. The van der Waals surface area contributed by atoms with Gasteiger partial charge in [0.1, 0.15) is 11.6 Å². The molecule has 0 spiro atoms. The molecule has 1 unspecified atom stereocenters. The first-order chi connectivity index (χ1) is 10.8. The number of aliphatic hydroxyl groups is 2. The molecule has 1 rings (SSSR count). The van der Waals surface area contributed by atoms with E-state index >= 15 is 0 Å². The predicted octanol–water partition coefficient (Wildman–Crippen LogP) is 0.229. The minimum Gasteiger partial charge on any atom is -0.396 e. The van der Waals surface area contributed by atoms with Gasteiger partial charge in [0.2, 0.25) is 5.91 Å². The lowest BCUT2D eigenvalue weighted by atomic mass is 9.89. The third-order valence-electron chi connectivity index (χ3n) is 3.77. The smallest absolute Gasteiger partial charge is 0.253 e. The molecule has 1 aromatic rings. The average Bonchev–Trinajstić information content (AvgIpc) is 2.52. The lowest BCUT2D eigenvalue weighted by Gasteiger charge is -2.30. The number of benzene rings is 1. The number of likely N-dealkylation sites (N-methyl/N-ethyl adjacent to an activating group) is 1. The van der Waals surface area contributed by atoms with E-state index < -0.39 is 17.6 Å². The Morgan fingerprint density at radius 3 is 2.30 bits per heavy atom. The van der Waals surface area contributed by atoms with Gasteiger partial charge in [-0.15, -0.1) is 0 Å². The highest BCUT2D eigenvalue weighted by Crippen LogP contribution is 2.19. The number of aliphatic hydroxyl groups excluding tert-OH is 1. The number of nitrogens with one attached hydrogen (secondary N) is 2. The van der Waals surface area contributed by atoms with Crippen molar-refractivity contribution >= 4 is 11.8 Å². The molecule has 6 heteroatoms. The second kappa shape index (κ2) is 8.64. The van der Waals surface area contributed by atoms with E-state index in [0.717, 1.165) is 5.56 Å². The van der Waals surface area contributed by atoms with E-state index in [9.17, 15) is 19.8 Å². The molecule has 0 saturated carbocycles. The lowest BCUT2D eigenvalue weighted by molar-refractivity contribution is -0.144. The van der Waals surface area contributed by atoms with Crippen LogP contribution in [0.2, 0.25) is 0 Å². The maximum absolute atomic E-state index is 12.5. The fourth-order valence-corrected chi connectivity index (χ4v) is 2.37. The quantitative estimate of drug-likeness (QED) is 0.550. The highest BCUT2D eigenvalue weighted by atomic mass is 16.3. The monoisotopic (exact) mass is 322 g/mol. The van der Waals surface area contributed by atoms with Gasteiger partial charge in [0.05, 0.1) is 0 Å². The summed E-state index contributed by atoms with van der Waals surface area (Å²) in [6, 6.07) is 8.33. The molecule has 0 aromatic heterocycles. The second-order valence-electron chi connectivity index (χ2n) is 5.98. The zero-order chi connectivity index (χ0) is 17.5. The topological polar surface area (TPSA) is 98.7 Å². The molecule has 6 nitrogen and oxygen atoms in total. The summed E-state index contributed by atoms with van der Waals surface area (Å²) >= 11 is 0. The third kappa shape index (κ3) is 5.33. The van der Waals surface area contributed by atoms with Gasteiger partial charge in [0, 0.05) is 26.5 Å². The van der Waals surface area contributed by atoms with Crippen LogP contribution in [0.15, 0.2) is 30.3 Å². The Hall–Kier alpha value is -1.92. The molecule has 0 aliphatic carbocycles. The molecule has 0 aliphatic heterocycles. The number of hydrogen-bond acceptors (Lipinski definition) is 4. The largest absolute Gasteiger partial charge is 0.396 e. The number of hydrogen-bond donors (Lipinski definition) is 4. The maximum atomic E-state index is 12.5. The summed E-state index contributed by atoms with van der Waals surface area (Å²) in [5.41, 5.74) is -0.989. The van der Waals surface area contributed by atoms with Crippen molar-refractivity contribution in [3.63, 3.8) is 0 Å². The maximum Gasteiger partial charge on any atom is 0.253 e. The van der Waals surface area contributed by atoms with E-state index in [2.05, 4.69) is 10.6 Å². The number of carbonyl (C=O) groups is 2. The van der Waals surface area contributed by atoms with Gasteiger partial charge in [0.15, 0.2) is 0 Å². The van der Waals surface area contributed by atoms with Crippen LogP contribution in [0.5, 0.6) is 0 Å². The first-order valence-electron chi connectivity index (χ1n) is 7.73. The van der Waals surface area contributed by atoms with Crippen LogP contribution >= 0.6 is 0 Å². The summed E-state index contributed by atoms with van der Waals surface area (Å²) in [4.78, 5) is 24.4. The van der Waals surface area contributed by atoms with Crippen LogP contribution in [-0.2, 0) is 16.0 Å². The summed E-state index contributed by atoms with van der Waals surface area (Å²) in [5.74, 6) is -1.11. The Bertz CT molecular complexity index is 519. The molecule has 0 heterocycles. The van der Waals surface area contributed by atoms with Crippen LogP contribution in [0.25, 0.3) is 0 Å². The summed E-state index contributed by atoms with van der Waals surface area (Å²) in [6.45, 7) is 3.29. The van der Waals surface area contributed by atoms with Crippen LogP contribution in [0.3, 0.4) is 0 Å². The minimum atomic E-state index is -1.77. The van der Waals surface area contributed by atoms with Gasteiger partial charge >= 0.3 is 0 Å². The van der Waals surface area contributed by atoms with Crippen molar-refractivity contribution in [3.8, 4) is 0 Å². The molecule has 1 aromatic carbocycles. The van der Waals surface area contributed by atoms with Crippen molar-refractivity contribution in [2.45, 2.75) is 38.3 Å². The summed E-state index contributed by atoms with van der Waals surface area (Å²) in [6.07, 6.45) is -0.0366. The Labute approximate surface area is 136 Å². The molecule has 23 heavy (non-hydrogen) atoms. The van der Waals surface area contributed by atoms with Gasteiger partial charge in [0.25, 0.3) is 5.91 Å². The van der Waals surface area contributed by atoms with Gasteiger partial charge in [-0.1, -0.05) is 44.2 Å². The van der Waals surface area contributed by atoms with Crippen molar-refractivity contribution in [3.05, 3.63) is 35.9 Å². The van der Waals surface area contributed by atoms with Crippen molar-refractivity contribution in [1.82, 2.24) is 10.6 Å². The molecule has 128 valence electrons. The Morgan fingerprint density at radius 1 is 1.22 bits per heavy atom. The van der Waals surface area contributed by atoms with E-state index in [-0.39, 0.29) is 31.3 Å². The molecule has 0 radical (unpaired) electrons. The van der Waals surface area contributed by atoms with Crippen LogP contribution in [0.4, 0.5) is 0 Å². The van der Waals surface area contributed by atoms with E-state index in [1.54, 1.807) is 12.1 Å². The normalized spacial score (nSPS) is 14.9. The predicted molar refractivity (Wildman–Crippen MR) is 87.6 cm³/mol. The van der Waals surface area contributed by atoms with Gasteiger partial charge < -0.3 is 20.8 Å². The van der Waals surface area contributed by atoms with Gasteiger partial charge in [-0.25, -0.2) is 0 Å². The van der Waals surface area contributed by atoms with E-state index in [1.165, 1.54) is 7.05 Å². The molecular weight excluding hydrogens is 296 g/mol. The van der Waals surface area contributed by atoms with Crippen molar-refractivity contribution < 1.29 is 19.8 Å². The summed E-state index contributed by atoms with van der Waals surface area (Å²) in [5, 5.41) is 25.0. The van der Waals surface area contributed by atoms with Crippen LogP contribution in [-0.4, -0.2) is 47.3 Å². The van der Waals surface area contributed by atoms with Gasteiger partial charge in [-0.05, 0) is 11.5 Å². The van der Waals surface area contributed by atoms with Crippen molar-refractivity contribution in [2.24, 2.45) is 5.92 Å². The highest BCUT2D eigenvalue weighted by molar-refractivity contribution is 5.91. The van der Waals surface area contributed by atoms with Crippen molar-refractivity contribution in [2.75, 3.05) is 13.7 Å². The zero-order valence-corrected chi connectivity index (χ0v) is 13.9. The molecule has 2 amide bonds. The minimum absolute atomic E-state index is 0.0682. The van der Waals surface area contributed by atoms with Crippen LogP contribution < -0.4 is 10.6 Å². The SMILES string of the molecule is CNC(=O)[C@@H](NC(=O)C(O)(CCO)Cc1ccccc1)C(C)C. The average molecular weight is 322 g/mol. The molecule has 4 N–H and O–H groups in total. The fourth-order valence-electron chi connectivity index (χ4n) is 2.37. The molecule has 0 saturated heterocycles. The molecular formula is C17H26N2O4. The van der Waals surface area contributed by atoms with Crippen molar-refractivity contribution in [1.29, 1.82) is 0 Å². The second-order valence-corrected chi connectivity index (χ2v) is 5.98. The van der Waals surface area contributed by atoms with E-state index in [1.807, 2.05) is 32.0 Å². The first-order valence-corrected chi connectivity index (χ1v) is 7.73.